The highest BCUT2D eigenvalue weighted by atomic mass is 16.2. The molecule has 1 heterocycles. The van der Waals surface area contributed by atoms with Crippen molar-refractivity contribution in [2.24, 2.45) is 5.73 Å². The third kappa shape index (κ3) is 4.24. The Morgan fingerprint density at radius 3 is 2.17 bits per heavy atom. The van der Waals surface area contributed by atoms with Crippen molar-refractivity contribution in [2.75, 3.05) is 44.7 Å². The van der Waals surface area contributed by atoms with Crippen LogP contribution in [0.5, 0.6) is 0 Å². The molecule has 1 saturated heterocycles. The highest BCUT2D eigenvalue weighted by molar-refractivity contribution is 5.94. The van der Waals surface area contributed by atoms with Crippen molar-refractivity contribution in [3.8, 4) is 0 Å². The molecule has 5 nitrogen and oxygen atoms in total. The summed E-state index contributed by atoms with van der Waals surface area (Å²) >= 11 is 0. The van der Waals surface area contributed by atoms with Gasteiger partial charge in [0.2, 0.25) is 0 Å². The lowest BCUT2D eigenvalue weighted by molar-refractivity contribution is 0.0748. The van der Waals surface area contributed by atoms with E-state index in [2.05, 4.69) is 35.8 Å². The SMILES string of the molecule is CC(C)N1CCN(c2ccc(C(=O)N(C)C(C)CN)cc2)CC1. The van der Waals surface area contributed by atoms with Gasteiger partial charge in [0.05, 0.1) is 0 Å². The molecular weight excluding hydrogens is 288 g/mol. The van der Waals surface area contributed by atoms with Crippen LogP contribution >= 0.6 is 0 Å². The zero-order valence-corrected chi connectivity index (χ0v) is 14.8. The molecule has 0 saturated carbocycles. The molecule has 128 valence electrons. The van der Waals surface area contributed by atoms with E-state index >= 15 is 0 Å². The van der Waals surface area contributed by atoms with E-state index in [-0.39, 0.29) is 11.9 Å². The molecule has 1 aliphatic heterocycles. The Kier molecular flexibility index (Phi) is 6.02. The zero-order chi connectivity index (χ0) is 17.0. The number of anilines is 1. The second-order valence-electron chi connectivity index (χ2n) is 6.66. The van der Waals surface area contributed by atoms with Gasteiger partial charge in [0, 0.05) is 63.1 Å². The molecule has 1 amide bonds. The summed E-state index contributed by atoms with van der Waals surface area (Å²) in [5, 5.41) is 0. The first kappa shape index (κ1) is 17.8. The Morgan fingerprint density at radius 1 is 1.13 bits per heavy atom. The molecule has 5 heteroatoms. The third-order valence-corrected chi connectivity index (χ3v) is 4.85. The number of hydrogen-bond donors (Lipinski definition) is 1. The molecular formula is C18H30N4O. The molecule has 1 fully saturated rings. The molecule has 0 aromatic heterocycles. The number of rotatable bonds is 5. The minimum absolute atomic E-state index is 0.0270. The number of benzene rings is 1. The molecule has 0 aliphatic carbocycles. The third-order valence-electron chi connectivity index (χ3n) is 4.85. The van der Waals surface area contributed by atoms with Crippen molar-refractivity contribution in [3.05, 3.63) is 29.8 Å². The van der Waals surface area contributed by atoms with E-state index in [9.17, 15) is 4.79 Å². The predicted octanol–water partition coefficient (Wildman–Crippen LogP) is 1.64. The van der Waals surface area contributed by atoms with Crippen molar-refractivity contribution < 1.29 is 4.79 Å². The standard InChI is InChI=1S/C18H30N4O/c1-14(2)21-9-11-22(12-10-21)17-7-5-16(6-8-17)18(23)20(4)15(3)13-19/h5-8,14-15H,9-13,19H2,1-4H3. The van der Waals surface area contributed by atoms with Gasteiger partial charge in [-0.1, -0.05) is 0 Å². The van der Waals surface area contributed by atoms with Crippen LogP contribution in [-0.4, -0.2) is 67.6 Å². The Morgan fingerprint density at radius 2 is 1.70 bits per heavy atom. The minimum atomic E-state index is 0.0270. The summed E-state index contributed by atoms with van der Waals surface area (Å²) in [7, 11) is 1.80. The van der Waals surface area contributed by atoms with Gasteiger partial charge in [-0.3, -0.25) is 9.69 Å². The van der Waals surface area contributed by atoms with Gasteiger partial charge in [-0.25, -0.2) is 0 Å². The maximum Gasteiger partial charge on any atom is 0.253 e. The number of piperazine rings is 1. The van der Waals surface area contributed by atoms with Crippen LogP contribution in [0, 0.1) is 0 Å². The van der Waals surface area contributed by atoms with Gasteiger partial charge in [0.1, 0.15) is 0 Å². The molecule has 2 rings (SSSR count). The molecule has 1 aromatic rings. The van der Waals surface area contributed by atoms with Crippen LogP contribution in [0.15, 0.2) is 24.3 Å². The summed E-state index contributed by atoms with van der Waals surface area (Å²) in [6, 6.07) is 8.61. The molecule has 0 bridgehead atoms. The number of carbonyl (C=O) groups excluding carboxylic acids is 1. The quantitative estimate of drug-likeness (QED) is 0.897. The summed E-state index contributed by atoms with van der Waals surface area (Å²) in [4.78, 5) is 19.0. The Balaban J connectivity index is 1.99. The zero-order valence-electron chi connectivity index (χ0n) is 14.8. The Hall–Kier alpha value is -1.59. The van der Waals surface area contributed by atoms with E-state index in [0.717, 1.165) is 31.7 Å². The molecule has 0 spiro atoms. The maximum atomic E-state index is 12.4. The normalized spacial score (nSPS) is 17.4. The van der Waals surface area contributed by atoms with Crippen molar-refractivity contribution in [1.29, 1.82) is 0 Å². The summed E-state index contributed by atoms with van der Waals surface area (Å²) in [5.41, 5.74) is 7.55. The molecule has 1 aliphatic rings. The van der Waals surface area contributed by atoms with Crippen LogP contribution in [0.2, 0.25) is 0 Å². The smallest absolute Gasteiger partial charge is 0.253 e. The van der Waals surface area contributed by atoms with Gasteiger partial charge in [0.15, 0.2) is 0 Å². The first-order chi connectivity index (χ1) is 10.9. The summed E-state index contributed by atoms with van der Waals surface area (Å²) in [6.45, 7) is 11.2. The van der Waals surface area contributed by atoms with E-state index in [1.54, 1.807) is 11.9 Å². The summed E-state index contributed by atoms with van der Waals surface area (Å²) in [6.07, 6.45) is 0. The molecule has 23 heavy (non-hydrogen) atoms. The van der Waals surface area contributed by atoms with Crippen LogP contribution < -0.4 is 10.6 Å². The van der Waals surface area contributed by atoms with Gasteiger partial charge in [-0.15, -0.1) is 0 Å². The average Bonchev–Trinajstić information content (AvgIpc) is 2.60. The largest absolute Gasteiger partial charge is 0.369 e. The van der Waals surface area contributed by atoms with Gasteiger partial charge in [-0.05, 0) is 45.0 Å². The number of likely N-dealkylation sites (N-methyl/N-ethyl adjacent to an activating group) is 1. The summed E-state index contributed by atoms with van der Waals surface area (Å²) < 4.78 is 0. The van der Waals surface area contributed by atoms with Crippen LogP contribution in [0.25, 0.3) is 0 Å². The first-order valence-corrected chi connectivity index (χ1v) is 8.50. The number of nitrogens with zero attached hydrogens (tertiary/aromatic N) is 3. The molecule has 0 radical (unpaired) electrons. The van der Waals surface area contributed by atoms with E-state index in [1.807, 2.05) is 19.1 Å². The average molecular weight is 318 g/mol. The fraction of sp³-hybridized carbons (Fsp3) is 0.611. The predicted molar refractivity (Wildman–Crippen MR) is 96.0 cm³/mol. The fourth-order valence-corrected chi connectivity index (χ4v) is 2.87. The first-order valence-electron chi connectivity index (χ1n) is 8.50. The van der Waals surface area contributed by atoms with Crippen LogP contribution in [0.4, 0.5) is 5.69 Å². The number of carbonyl (C=O) groups is 1. The Bertz CT molecular complexity index is 506. The van der Waals surface area contributed by atoms with Crippen molar-refractivity contribution in [2.45, 2.75) is 32.9 Å². The van der Waals surface area contributed by atoms with Gasteiger partial charge >= 0.3 is 0 Å². The van der Waals surface area contributed by atoms with Crippen LogP contribution in [0.1, 0.15) is 31.1 Å². The van der Waals surface area contributed by atoms with Crippen LogP contribution in [0.3, 0.4) is 0 Å². The van der Waals surface area contributed by atoms with Crippen LogP contribution in [-0.2, 0) is 0 Å². The van der Waals surface area contributed by atoms with Crippen molar-refractivity contribution in [3.63, 3.8) is 0 Å². The monoisotopic (exact) mass is 318 g/mol. The van der Waals surface area contributed by atoms with E-state index < -0.39 is 0 Å². The Labute approximate surface area is 140 Å². The lowest BCUT2D eigenvalue weighted by Crippen LogP contribution is -2.48. The molecule has 1 aromatic carbocycles. The molecule has 1 atom stereocenters. The number of hydrogen-bond acceptors (Lipinski definition) is 4. The van der Waals surface area contributed by atoms with E-state index in [1.165, 1.54) is 5.69 Å². The lowest BCUT2D eigenvalue weighted by Gasteiger charge is -2.38. The maximum absolute atomic E-state index is 12.4. The van der Waals surface area contributed by atoms with Crippen molar-refractivity contribution in [1.82, 2.24) is 9.80 Å². The van der Waals surface area contributed by atoms with Gasteiger partial charge in [0.25, 0.3) is 5.91 Å². The van der Waals surface area contributed by atoms with E-state index in [0.29, 0.717) is 12.6 Å². The summed E-state index contributed by atoms with van der Waals surface area (Å²) in [5.74, 6) is 0.0270. The molecule has 2 N–H and O–H groups in total. The van der Waals surface area contributed by atoms with E-state index in [4.69, 9.17) is 5.73 Å². The highest BCUT2D eigenvalue weighted by Crippen LogP contribution is 2.19. The van der Waals surface area contributed by atoms with Crippen molar-refractivity contribution >= 4 is 11.6 Å². The van der Waals surface area contributed by atoms with Gasteiger partial charge < -0.3 is 15.5 Å². The topological polar surface area (TPSA) is 52.8 Å². The second kappa shape index (κ2) is 7.79. The number of amides is 1. The fourth-order valence-electron chi connectivity index (χ4n) is 2.87. The lowest BCUT2D eigenvalue weighted by atomic mass is 10.1. The minimum Gasteiger partial charge on any atom is -0.369 e. The second-order valence-corrected chi connectivity index (χ2v) is 6.66. The molecule has 1 unspecified atom stereocenters. The number of nitrogens with two attached hydrogens (primary N) is 1. The van der Waals surface area contributed by atoms with Gasteiger partial charge in [-0.2, -0.15) is 0 Å². The highest BCUT2D eigenvalue weighted by Gasteiger charge is 2.20.